The molecule has 43 heavy (non-hydrogen) atoms. The van der Waals surface area contributed by atoms with Crippen LogP contribution in [-0.4, -0.2) is 43.7 Å². The summed E-state index contributed by atoms with van der Waals surface area (Å²) in [6.07, 6.45) is 3.47. The topological polar surface area (TPSA) is 72.9 Å². The van der Waals surface area contributed by atoms with Crippen LogP contribution < -0.4 is 14.4 Å². The summed E-state index contributed by atoms with van der Waals surface area (Å²) in [5.74, 6) is -1.81. The highest BCUT2D eigenvalue weighted by Crippen LogP contribution is 2.62. The smallest absolute Gasteiger partial charge is 0.185 e. The number of ether oxygens (including phenoxy) is 2. The van der Waals surface area contributed by atoms with Crippen molar-refractivity contribution in [3.63, 3.8) is 0 Å². The van der Waals surface area contributed by atoms with Gasteiger partial charge >= 0.3 is 0 Å². The molecule has 1 saturated heterocycles. The molecule has 0 bridgehead atoms. The quantitative estimate of drug-likeness (QED) is 0.187. The van der Waals surface area contributed by atoms with Crippen LogP contribution in [0.2, 0.25) is 5.02 Å². The molecule has 1 fully saturated rings. The third-order valence-corrected chi connectivity index (χ3v) is 9.18. The highest BCUT2D eigenvalue weighted by Gasteiger charge is 2.72. The standard InChI is InChI=1S/C35H25ClFNO5/c1-42-27-9-5-8-25(32(27)43-2)29-30(31(39)19-10-13-21(36)14-11-19)38-26-16-15-22(37)18-20(26)12-17-28(38)35(29)33(40)23-6-3-4-7-24(23)34(35)41/h3-18,28-30H,1-2H3/t28-,29-,30+/m1/s1. The summed E-state index contributed by atoms with van der Waals surface area (Å²) in [6, 6.07) is 20.9. The van der Waals surface area contributed by atoms with E-state index >= 15 is 0 Å². The predicted octanol–water partition coefficient (Wildman–Crippen LogP) is 6.81. The van der Waals surface area contributed by atoms with E-state index in [1.807, 2.05) is 4.90 Å². The molecule has 0 radical (unpaired) electrons. The molecule has 7 rings (SSSR count). The minimum absolute atomic E-state index is 0.303. The summed E-state index contributed by atoms with van der Waals surface area (Å²) < 4.78 is 25.9. The van der Waals surface area contributed by atoms with Crippen LogP contribution in [-0.2, 0) is 0 Å². The van der Waals surface area contributed by atoms with Gasteiger partial charge in [-0.2, -0.15) is 0 Å². The van der Waals surface area contributed by atoms with E-state index in [1.54, 1.807) is 84.9 Å². The molecule has 4 aromatic carbocycles. The minimum Gasteiger partial charge on any atom is -0.493 e. The molecule has 1 spiro atoms. The highest BCUT2D eigenvalue weighted by atomic mass is 35.5. The zero-order valence-corrected chi connectivity index (χ0v) is 24.0. The Morgan fingerprint density at radius 1 is 0.884 bits per heavy atom. The van der Waals surface area contributed by atoms with E-state index in [9.17, 15) is 18.8 Å². The lowest BCUT2D eigenvalue weighted by molar-refractivity contribution is 0.0664. The van der Waals surface area contributed by atoms with Crippen molar-refractivity contribution in [3.8, 4) is 11.5 Å². The number of carbonyl (C=O) groups is 3. The molecular weight excluding hydrogens is 569 g/mol. The Bertz CT molecular complexity index is 1830. The second-order valence-electron chi connectivity index (χ2n) is 10.9. The molecule has 2 aliphatic heterocycles. The van der Waals surface area contributed by atoms with Gasteiger partial charge in [0.2, 0.25) is 0 Å². The Kier molecular flexibility index (Phi) is 6.25. The number of nitrogens with zero attached hydrogens (tertiary/aromatic N) is 1. The van der Waals surface area contributed by atoms with Crippen LogP contribution in [0.5, 0.6) is 11.5 Å². The van der Waals surface area contributed by atoms with Crippen molar-refractivity contribution >= 4 is 40.7 Å². The van der Waals surface area contributed by atoms with E-state index in [-0.39, 0.29) is 17.3 Å². The van der Waals surface area contributed by atoms with Crippen molar-refractivity contribution in [1.29, 1.82) is 0 Å². The van der Waals surface area contributed by atoms with Gasteiger partial charge in [0.25, 0.3) is 0 Å². The molecular formula is C35H25ClFNO5. The average molecular weight is 594 g/mol. The fraction of sp³-hybridized carbons (Fsp3) is 0.171. The van der Waals surface area contributed by atoms with Crippen LogP contribution in [0.25, 0.3) is 6.08 Å². The largest absolute Gasteiger partial charge is 0.493 e. The number of hydrogen-bond acceptors (Lipinski definition) is 6. The summed E-state index contributed by atoms with van der Waals surface area (Å²) >= 11 is 6.17. The van der Waals surface area contributed by atoms with Gasteiger partial charge in [0.05, 0.1) is 20.3 Å². The van der Waals surface area contributed by atoms with Crippen molar-refractivity contribution in [2.24, 2.45) is 5.41 Å². The fourth-order valence-corrected chi connectivity index (χ4v) is 7.36. The summed E-state index contributed by atoms with van der Waals surface area (Å²) in [7, 11) is 2.98. The van der Waals surface area contributed by atoms with Gasteiger partial charge in [-0.1, -0.05) is 60.2 Å². The number of benzene rings is 4. The Morgan fingerprint density at radius 3 is 2.23 bits per heavy atom. The van der Waals surface area contributed by atoms with Gasteiger partial charge < -0.3 is 14.4 Å². The molecule has 214 valence electrons. The minimum atomic E-state index is -1.74. The van der Waals surface area contributed by atoms with Crippen LogP contribution in [0, 0.1) is 11.2 Å². The zero-order chi connectivity index (χ0) is 30.0. The van der Waals surface area contributed by atoms with E-state index in [1.165, 1.54) is 26.4 Å². The highest BCUT2D eigenvalue weighted by molar-refractivity contribution is 6.32. The Morgan fingerprint density at radius 2 is 1.58 bits per heavy atom. The number of Topliss-reactive ketones (excluding diaryl/α,β-unsaturated/α-hetero) is 3. The van der Waals surface area contributed by atoms with E-state index in [4.69, 9.17) is 21.1 Å². The second kappa shape index (κ2) is 9.92. The molecule has 0 saturated carbocycles. The monoisotopic (exact) mass is 593 g/mol. The fourth-order valence-electron chi connectivity index (χ4n) is 7.23. The molecule has 2 heterocycles. The molecule has 0 aromatic heterocycles. The average Bonchev–Trinajstić information content (AvgIpc) is 3.46. The van der Waals surface area contributed by atoms with Crippen molar-refractivity contribution in [1.82, 2.24) is 0 Å². The van der Waals surface area contributed by atoms with Crippen LogP contribution >= 0.6 is 11.6 Å². The van der Waals surface area contributed by atoms with Gasteiger partial charge in [-0.05, 0) is 48.5 Å². The number of hydrogen-bond donors (Lipinski definition) is 0. The lowest BCUT2D eigenvalue weighted by atomic mass is 9.64. The van der Waals surface area contributed by atoms with Crippen LogP contribution in [0.4, 0.5) is 10.1 Å². The maximum atomic E-state index is 14.8. The lowest BCUT2D eigenvalue weighted by Gasteiger charge is -2.37. The normalized spacial score (nSPS) is 21.0. The first kappa shape index (κ1) is 27.1. The van der Waals surface area contributed by atoms with Gasteiger partial charge in [-0.3, -0.25) is 14.4 Å². The predicted molar refractivity (Wildman–Crippen MR) is 161 cm³/mol. The third-order valence-electron chi connectivity index (χ3n) is 8.93. The summed E-state index contributed by atoms with van der Waals surface area (Å²) in [6.45, 7) is 0. The van der Waals surface area contributed by atoms with Gasteiger partial charge in [-0.15, -0.1) is 0 Å². The molecule has 1 aliphatic carbocycles. The SMILES string of the molecule is COc1cccc([C@@H]2[C@@H](C(=O)c3ccc(Cl)cc3)N3c4ccc(F)cc4C=C[C@@H]3C23C(=O)c2ccccc2C3=O)c1OC. The molecule has 0 N–H and O–H groups in total. The number of methoxy groups -OCH3 is 2. The van der Waals surface area contributed by atoms with E-state index in [0.717, 1.165) is 0 Å². The maximum Gasteiger partial charge on any atom is 0.185 e. The second-order valence-corrected chi connectivity index (χ2v) is 11.3. The van der Waals surface area contributed by atoms with Crippen LogP contribution in [0.1, 0.15) is 48.1 Å². The first-order valence-electron chi connectivity index (χ1n) is 13.8. The number of ketones is 3. The number of carbonyl (C=O) groups excluding carboxylic acids is 3. The van der Waals surface area contributed by atoms with Crippen molar-refractivity contribution in [2.45, 2.75) is 18.0 Å². The Balaban J connectivity index is 1.58. The Labute approximate surface area is 252 Å². The summed E-state index contributed by atoms with van der Waals surface area (Å²) in [5, 5.41) is 0.460. The van der Waals surface area contributed by atoms with Crippen LogP contribution in [0.3, 0.4) is 0 Å². The molecule has 6 nitrogen and oxygen atoms in total. The van der Waals surface area contributed by atoms with Gasteiger partial charge in [0, 0.05) is 44.4 Å². The lowest BCUT2D eigenvalue weighted by Crippen LogP contribution is -2.48. The first-order chi connectivity index (χ1) is 20.8. The molecule has 0 unspecified atom stereocenters. The molecule has 8 heteroatoms. The third kappa shape index (κ3) is 3.67. The first-order valence-corrected chi connectivity index (χ1v) is 14.2. The number of halogens is 2. The molecule has 0 amide bonds. The van der Waals surface area contributed by atoms with Crippen molar-refractivity contribution in [2.75, 3.05) is 19.1 Å². The van der Waals surface area contributed by atoms with E-state index in [2.05, 4.69) is 0 Å². The van der Waals surface area contributed by atoms with Gasteiger partial charge in [0.15, 0.2) is 28.8 Å². The summed E-state index contributed by atoms with van der Waals surface area (Å²) in [5.41, 5.74) is 0.782. The van der Waals surface area contributed by atoms with E-state index in [0.29, 0.717) is 50.0 Å². The van der Waals surface area contributed by atoms with Crippen LogP contribution in [0.15, 0.2) is 91.0 Å². The number of para-hydroxylation sites is 1. The maximum absolute atomic E-state index is 14.8. The van der Waals surface area contributed by atoms with Gasteiger partial charge in [-0.25, -0.2) is 4.39 Å². The van der Waals surface area contributed by atoms with Gasteiger partial charge in [0.1, 0.15) is 17.3 Å². The molecule has 3 atom stereocenters. The number of rotatable bonds is 5. The van der Waals surface area contributed by atoms with Crippen molar-refractivity contribution in [3.05, 3.63) is 130 Å². The number of anilines is 1. The molecule has 3 aliphatic rings. The van der Waals surface area contributed by atoms with Crippen molar-refractivity contribution < 1.29 is 28.2 Å². The molecule has 4 aromatic rings. The Hall–Kier alpha value is -4.75. The number of fused-ring (bicyclic) bond motifs is 5. The van der Waals surface area contributed by atoms with E-state index < -0.39 is 29.2 Å². The summed E-state index contributed by atoms with van der Waals surface area (Å²) in [4.78, 5) is 46.2. The zero-order valence-electron chi connectivity index (χ0n) is 23.2.